The first-order valence-electron chi connectivity index (χ1n) is 6.77. The maximum atomic E-state index is 12.0. The summed E-state index contributed by atoms with van der Waals surface area (Å²) in [7, 11) is 0. The number of fused-ring (bicyclic) bond motifs is 1. The number of nitrogens with one attached hydrogen (secondary N) is 2. The number of aryl methyl sites for hydroxylation is 1. The number of aromatic amines is 1. The minimum atomic E-state index is -0.229. The van der Waals surface area contributed by atoms with Crippen molar-refractivity contribution in [1.29, 1.82) is 0 Å². The van der Waals surface area contributed by atoms with Gasteiger partial charge in [0.2, 0.25) is 5.95 Å². The largest absolute Gasteiger partial charge is 0.356 e. The smallest absolute Gasteiger partial charge is 0.280 e. The minimum absolute atomic E-state index is 0.229. The lowest BCUT2D eigenvalue weighted by atomic mass is 10.2. The third-order valence-corrected chi connectivity index (χ3v) is 3.65. The van der Waals surface area contributed by atoms with Crippen LogP contribution >= 0.6 is 15.9 Å². The molecule has 2 rings (SSSR count). The van der Waals surface area contributed by atoms with Crippen LogP contribution in [0, 0.1) is 0 Å². The van der Waals surface area contributed by atoms with Crippen LogP contribution < -0.4 is 16.6 Å². The van der Waals surface area contributed by atoms with Crippen LogP contribution in [-0.4, -0.2) is 32.6 Å². The van der Waals surface area contributed by atoms with Crippen LogP contribution in [0.5, 0.6) is 0 Å². The number of unbranched alkanes of at least 4 members (excludes halogenated alkanes) is 2. The molecule has 0 aliphatic rings. The van der Waals surface area contributed by atoms with Crippen LogP contribution in [0.2, 0.25) is 0 Å². The minimum Gasteiger partial charge on any atom is -0.356 e. The molecule has 7 nitrogen and oxygen atoms in total. The molecule has 0 radical (unpaired) electrons. The summed E-state index contributed by atoms with van der Waals surface area (Å²) in [5.41, 5.74) is 6.16. The first-order chi connectivity index (χ1) is 9.67. The molecule has 0 atom stereocenters. The normalized spacial score (nSPS) is 11.2. The van der Waals surface area contributed by atoms with Gasteiger partial charge in [0.05, 0.1) is 0 Å². The van der Waals surface area contributed by atoms with Crippen LogP contribution in [0.15, 0.2) is 9.53 Å². The van der Waals surface area contributed by atoms with Crippen molar-refractivity contribution in [1.82, 2.24) is 19.5 Å². The number of nitrogens with two attached hydrogens (primary N) is 1. The lowest BCUT2D eigenvalue weighted by Gasteiger charge is -2.06. The summed E-state index contributed by atoms with van der Waals surface area (Å²) in [6.45, 7) is 4.15. The lowest BCUT2D eigenvalue weighted by molar-refractivity contribution is 0.704. The van der Waals surface area contributed by atoms with E-state index in [1.54, 1.807) is 0 Å². The fourth-order valence-electron chi connectivity index (χ4n) is 2.00. The predicted molar refractivity (Wildman–Crippen MR) is 82.9 cm³/mol. The van der Waals surface area contributed by atoms with E-state index in [0.29, 0.717) is 34.9 Å². The fourth-order valence-corrected chi connectivity index (χ4v) is 2.60. The Labute approximate surface area is 125 Å². The van der Waals surface area contributed by atoms with Crippen molar-refractivity contribution in [3.8, 4) is 0 Å². The molecule has 0 aliphatic heterocycles. The van der Waals surface area contributed by atoms with Crippen molar-refractivity contribution in [3.63, 3.8) is 0 Å². The van der Waals surface area contributed by atoms with Gasteiger partial charge in [-0.15, -0.1) is 0 Å². The predicted octanol–water partition coefficient (Wildman–Crippen LogP) is 1.44. The molecule has 20 heavy (non-hydrogen) atoms. The van der Waals surface area contributed by atoms with E-state index < -0.39 is 0 Å². The topological polar surface area (TPSA) is 102 Å². The van der Waals surface area contributed by atoms with Crippen molar-refractivity contribution in [3.05, 3.63) is 15.1 Å². The number of anilines is 1. The summed E-state index contributed by atoms with van der Waals surface area (Å²) >= 11 is 3.34. The highest BCUT2D eigenvalue weighted by atomic mass is 79.9. The molecular weight excluding hydrogens is 324 g/mol. The van der Waals surface area contributed by atoms with E-state index in [0.717, 1.165) is 25.8 Å². The molecule has 0 aromatic carbocycles. The molecule has 0 unspecified atom stereocenters. The third kappa shape index (κ3) is 3.18. The zero-order valence-electron chi connectivity index (χ0n) is 11.4. The number of imidazole rings is 1. The highest BCUT2D eigenvalue weighted by molar-refractivity contribution is 9.10. The molecule has 110 valence electrons. The summed E-state index contributed by atoms with van der Waals surface area (Å²) in [4.78, 5) is 23.3. The van der Waals surface area contributed by atoms with Crippen LogP contribution in [-0.2, 0) is 6.54 Å². The van der Waals surface area contributed by atoms with Crippen molar-refractivity contribution >= 4 is 33.0 Å². The monoisotopic (exact) mass is 342 g/mol. The molecule has 0 spiro atoms. The maximum absolute atomic E-state index is 12.0. The average Bonchev–Trinajstić information content (AvgIpc) is 2.75. The van der Waals surface area contributed by atoms with E-state index in [4.69, 9.17) is 5.73 Å². The molecule has 0 bridgehead atoms. The second kappa shape index (κ2) is 6.85. The Morgan fingerprint density at radius 3 is 2.85 bits per heavy atom. The quantitative estimate of drug-likeness (QED) is 0.522. The number of H-pyrrole nitrogens is 1. The first kappa shape index (κ1) is 15.0. The molecule has 0 saturated heterocycles. The van der Waals surface area contributed by atoms with E-state index in [-0.39, 0.29) is 5.56 Å². The van der Waals surface area contributed by atoms with Gasteiger partial charge in [0, 0.05) is 13.1 Å². The highest BCUT2D eigenvalue weighted by Gasteiger charge is 2.13. The SMILES string of the molecule is CCn1c(Br)nc2c(=O)[nH]c(NCCCCCN)nc21. The van der Waals surface area contributed by atoms with Gasteiger partial charge >= 0.3 is 0 Å². The molecular formula is C12H19BrN6O. The van der Waals surface area contributed by atoms with Gasteiger partial charge in [0.25, 0.3) is 5.56 Å². The lowest BCUT2D eigenvalue weighted by Crippen LogP contribution is -2.15. The Morgan fingerprint density at radius 1 is 1.35 bits per heavy atom. The Morgan fingerprint density at radius 2 is 2.15 bits per heavy atom. The van der Waals surface area contributed by atoms with Gasteiger partial charge in [0.1, 0.15) is 0 Å². The molecule has 0 amide bonds. The molecule has 2 aromatic heterocycles. The van der Waals surface area contributed by atoms with E-state index in [1.807, 2.05) is 11.5 Å². The Hall–Kier alpha value is -1.41. The van der Waals surface area contributed by atoms with Crippen LogP contribution in [0.25, 0.3) is 11.2 Å². The van der Waals surface area contributed by atoms with E-state index in [9.17, 15) is 4.79 Å². The van der Waals surface area contributed by atoms with Crippen molar-refractivity contribution in [2.24, 2.45) is 5.73 Å². The second-order valence-electron chi connectivity index (χ2n) is 4.49. The first-order valence-corrected chi connectivity index (χ1v) is 7.56. The molecule has 2 aromatic rings. The van der Waals surface area contributed by atoms with Gasteiger partial charge in [-0.1, -0.05) is 6.42 Å². The number of halogens is 1. The van der Waals surface area contributed by atoms with E-state index in [2.05, 4.69) is 36.2 Å². The van der Waals surface area contributed by atoms with Crippen molar-refractivity contribution in [2.45, 2.75) is 32.7 Å². The number of nitrogens with zero attached hydrogens (tertiary/aromatic N) is 3. The number of hydrogen-bond acceptors (Lipinski definition) is 5. The molecule has 0 fully saturated rings. The van der Waals surface area contributed by atoms with Crippen molar-refractivity contribution in [2.75, 3.05) is 18.4 Å². The molecule has 0 aliphatic carbocycles. The van der Waals surface area contributed by atoms with Crippen LogP contribution in [0.4, 0.5) is 5.95 Å². The highest BCUT2D eigenvalue weighted by Crippen LogP contribution is 2.16. The number of rotatable bonds is 7. The second-order valence-corrected chi connectivity index (χ2v) is 5.20. The fraction of sp³-hybridized carbons (Fsp3) is 0.583. The van der Waals surface area contributed by atoms with Crippen molar-refractivity contribution < 1.29 is 0 Å². The zero-order valence-corrected chi connectivity index (χ0v) is 13.0. The van der Waals surface area contributed by atoms with Gasteiger partial charge < -0.3 is 15.6 Å². The summed E-state index contributed by atoms with van der Waals surface area (Å²) < 4.78 is 2.47. The third-order valence-electron chi connectivity index (χ3n) is 3.05. The molecule has 0 saturated carbocycles. The summed E-state index contributed by atoms with van der Waals surface area (Å²) in [5.74, 6) is 0.484. The Balaban J connectivity index is 2.17. The van der Waals surface area contributed by atoms with E-state index in [1.165, 1.54) is 0 Å². The van der Waals surface area contributed by atoms with Gasteiger partial charge in [-0.05, 0) is 42.2 Å². The Kier molecular flexibility index (Phi) is 5.13. The summed E-state index contributed by atoms with van der Waals surface area (Å²) in [6, 6.07) is 0. The molecule has 4 N–H and O–H groups in total. The van der Waals surface area contributed by atoms with Crippen LogP contribution in [0.3, 0.4) is 0 Å². The summed E-state index contributed by atoms with van der Waals surface area (Å²) in [5, 5.41) is 3.13. The van der Waals surface area contributed by atoms with Gasteiger partial charge in [0.15, 0.2) is 15.9 Å². The van der Waals surface area contributed by atoms with Gasteiger partial charge in [-0.25, -0.2) is 4.98 Å². The van der Waals surface area contributed by atoms with Gasteiger partial charge in [-0.3, -0.25) is 9.78 Å². The summed E-state index contributed by atoms with van der Waals surface area (Å²) in [6.07, 6.45) is 3.07. The average molecular weight is 343 g/mol. The number of aromatic nitrogens is 4. The maximum Gasteiger partial charge on any atom is 0.280 e. The van der Waals surface area contributed by atoms with E-state index >= 15 is 0 Å². The van der Waals surface area contributed by atoms with Crippen LogP contribution in [0.1, 0.15) is 26.2 Å². The van der Waals surface area contributed by atoms with Gasteiger partial charge in [-0.2, -0.15) is 4.98 Å². The zero-order chi connectivity index (χ0) is 14.5. The molecule has 8 heteroatoms. The molecule has 2 heterocycles. The Bertz CT molecular complexity index is 635. The number of hydrogen-bond donors (Lipinski definition) is 3. The standard InChI is InChI=1S/C12H19BrN6O/c1-2-19-9-8(16-11(19)13)10(20)18-12(17-9)15-7-5-3-4-6-14/h2-7,14H2,1H3,(H2,15,17,18,20).